The van der Waals surface area contributed by atoms with Crippen molar-refractivity contribution in [2.24, 2.45) is 0 Å². The van der Waals surface area contributed by atoms with Crippen LogP contribution >= 0.6 is 0 Å². The van der Waals surface area contributed by atoms with Crippen molar-refractivity contribution in [2.45, 2.75) is 43.4 Å². The summed E-state index contributed by atoms with van der Waals surface area (Å²) >= 11 is 0. The number of ketones is 1. The third kappa shape index (κ3) is 8.46. The number of allylic oxidation sites excluding steroid dienone is 6. The Morgan fingerprint density at radius 3 is 2.31 bits per heavy atom. The van der Waals surface area contributed by atoms with Gasteiger partial charge in [-0.1, -0.05) is 38.1 Å². The molecular formula is C34H34N3NaO12S2. The largest absolute Gasteiger partial charge is 1.00 e. The third-order valence-electron chi connectivity index (χ3n) is 8.60. The second-order valence-electron chi connectivity index (χ2n) is 12.4. The van der Waals surface area contributed by atoms with E-state index in [-0.39, 0.29) is 70.7 Å². The first-order valence-electron chi connectivity index (χ1n) is 15.7. The van der Waals surface area contributed by atoms with Crippen molar-refractivity contribution in [1.29, 1.82) is 0 Å². The van der Waals surface area contributed by atoms with Gasteiger partial charge in [-0.05, 0) is 54.5 Å². The predicted molar refractivity (Wildman–Crippen MR) is 181 cm³/mol. The van der Waals surface area contributed by atoms with E-state index in [4.69, 9.17) is 9.57 Å². The number of likely N-dealkylation sites (N-methyl/N-ethyl adjacent to an activating group) is 1. The van der Waals surface area contributed by atoms with Gasteiger partial charge in [0.15, 0.2) is 0 Å². The van der Waals surface area contributed by atoms with Gasteiger partial charge >= 0.3 is 35.5 Å². The number of sulfone groups is 1. The molecule has 3 amide bonds. The van der Waals surface area contributed by atoms with Crippen molar-refractivity contribution in [3.8, 4) is 0 Å². The molecule has 0 N–H and O–H groups in total. The maximum absolute atomic E-state index is 13.0. The van der Waals surface area contributed by atoms with Gasteiger partial charge in [-0.25, -0.2) is 21.6 Å². The Hall–Kier alpha value is -3.97. The fraction of sp³-hybridized carbons (Fsp3) is 0.324. The quantitative estimate of drug-likeness (QED) is 0.114. The smallest absolute Gasteiger partial charge is 0.748 e. The molecule has 1 fully saturated rings. The number of anilines is 2. The molecule has 5 rings (SSSR count). The normalized spacial score (nSPS) is 19.0. The number of amides is 3. The molecule has 0 bridgehead atoms. The summed E-state index contributed by atoms with van der Waals surface area (Å²) in [6.45, 7) is 2.72. The van der Waals surface area contributed by atoms with Crippen LogP contribution in [0.15, 0.2) is 82.3 Å². The molecule has 15 nitrogen and oxygen atoms in total. The molecule has 0 radical (unpaired) electrons. The van der Waals surface area contributed by atoms with Crippen molar-refractivity contribution >= 4 is 60.8 Å². The van der Waals surface area contributed by atoms with Gasteiger partial charge in [0.2, 0.25) is 15.6 Å². The molecule has 0 aliphatic carbocycles. The van der Waals surface area contributed by atoms with Gasteiger partial charge in [-0.15, -0.1) is 5.06 Å². The third-order valence-corrected chi connectivity index (χ3v) is 11.2. The first-order valence-corrected chi connectivity index (χ1v) is 18.7. The van der Waals surface area contributed by atoms with Crippen LogP contribution in [0.4, 0.5) is 11.4 Å². The minimum atomic E-state index is -4.48. The first kappa shape index (κ1) is 40.8. The summed E-state index contributed by atoms with van der Waals surface area (Å²) in [7, 11) is -6.97. The number of hydrogen-bond donors (Lipinski definition) is 0. The van der Waals surface area contributed by atoms with Crippen LogP contribution in [0.5, 0.6) is 0 Å². The van der Waals surface area contributed by atoms with E-state index in [2.05, 4.69) is 0 Å². The fourth-order valence-electron chi connectivity index (χ4n) is 5.98. The average Bonchev–Trinajstić information content (AvgIpc) is 3.57. The summed E-state index contributed by atoms with van der Waals surface area (Å²) in [5.74, 6) is -4.05. The van der Waals surface area contributed by atoms with E-state index in [1.807, 2.05) is 18.7 Å². The van der Waals surface area contributed by atoms with Crippen LogP contribution in [0.2, 0.25) is 0 Å². The Labute approximate surface area is 322 Å². The molecule has 52 heavy (non-hydrogen) atoms. The van der Waals surface area contributed by atoms with E-state index in [1.54, 1.807) is 36.4 Å². The molecule has 0 aromatic heterocycles. The number of imide groups is 1. The zero-order valence-electron chi connectivity index (χ0n) is 28.9. The summed E-state index contributed by atoms with van der Waals surface area (Å²) in [5.41, 5.74) is 1.90. The number of Topliss-reactive ketones (excluding diaryl/α,β-unsaturated/α-hetero) is 1. The second-order valence-corrected chi connectivity index (χ2v) is 15.8. The minimum absolute atomic E-state index is 0. The molecular weight excluding hydrogens is 730 g/mol. The monoisotopic (exact) mass is 763 g/mol. The first-order chi connectivity index (χ1) is 23.9. The predicted octanol–water partition coefficient (Wildman–Crippen LogP) is -0.696. The zero-order valence-corrected chi connectivity index (χ0v) is 32.5. The van der Waals surface area contributed by atoms with Gasteiger partial charge in [-0.3, -0.25) is 19.2 Å². The fourth-order valence-corrected chi connectivity index (χ4v) is 8.02. The van der Waals surface area contributed by atoms with Gasteiger partial charge in [-0.2, -0.15) is 0 Å². The SMILES string of the molecule is CN(C(=O)COCC(=O)ON1C(=O)CCC1=O)c1ccc2c(c1)C(C)(C)/C(=C/C=C/C=C1/C(=O)c3ccccc3S1(=O)=O)N2CCCS(=O)(=O)[O-].[Na+]. The zero-order chi connectivity index (χ0) is 37.3. The van der Waals surface area contributed by atoms with Crippen LogP contribution in [0, 0.1) is 0 Å². The van der Waals surface area contributed by atoms with E-state index in [9.17, 15) is 45.4 Å². The number of carbonyl (C=O) groups excluding carboxylic acids is 5. The Morgan fingerprint density at radius 1 is 1.00 bits per heavy atom. The van der Waals surface area contributed by atoms with Crippen LogP contribution in [-0.2, 0) is 54.1 Å². The van der Waals surface area contributed by atoms with Crippen molar-refractivity contribution in [3.63, 3.8) is 0 Å². The van der Waals surface area contributed by atoms with E-state index < -0.39 is 73.8 Å². The molecule has 0 atom stereocenters. The summed E-state index contributed by atoms with van der Waals surface area (Å²) in [6.07, 6.45) is 5.80. The number of nitrogens with zero attached hydrogens (tertiary/aromatic N) is 3. The maximum atomic E-state index is 13.0. The average molecular weight is 764 g/mol. The number of benzene rings is 2. The van der Waals surface area contributed by atoms with Gasteiger partial charge in [0, 0.05) is 60.2 Å². The molecule has 0 spiro atoms. The number of carbonyl (C=O) groups is 5. The van der Waals surface area contributed by atoms with E-state index in [1.165, 1.54) is 42.3 Å². The van der Waals surface area contributed by atoms with Gasteiger partial charge in [0.05, 0.1) is 15.0 Å². The molecule has 18 heteroatoms. The summed E-state index contributed by atoms with van der Waals surface area (Å²) in [6, 6.07) is 11.1. The van der Waals surface area contributed by atoms with Crippen LogP contribution in [0.25, 0.3) is 0 Å². The van der Waals surface area contributed by atoms with Crippen molar-refractivity contribution in [1.82, 2.24) is 5.06 Å². The van der Waals surface area contributed by atoms with Crippen molar-refractivity contribution < 1.29 is 84.5 Å². The molecule has 2 aromatic rings. The van der Waals surface area contributed by atoms with Gasteiger partial charge < -0.3 is 23.9 Å². The Kier molecular flexibility index (Phi) is 12.5. The number of rotatable bonds is 12. The van der Waals surface area contributed by atoms with Crippen LogP contribution in [0.3, 0.4) is 0 Å². The topological polar surface area (TPSA) is 205 Å². The summed E-state index contributed by atoms with van der Waals surface area (Å²) in [5, 5.41) is 0.380. The van der Waals surface area contributed by atoms with E-state index in [0.717, 1.165) is 5.56 Å². The standard InChI is InChI=1S/C34H35N3O12S2.Na/c1-34(2)24-19-22(35(3)31(40)20-48-21-32(41)49-37-29(38)15-16-30(37)39)13-14-25(24)36(17-8-18-50(43,44)45)28(34)12-7-6-11-27-33(42)23-9-4-5-10-26(23)51(27,46)47;/h4-7,9-14,19H,8,15-18,20-21H2,1-3H3,(H,43,44,45);/q;+1/p-1/b7-6+,27-11-,28-12-;. The molecule has 3 heterocycles. The maximum Gasteiger partial charge on any atom is 1.00 e. The molecule has 270 valence electrons. The van der Waals surface area contributed by atoms with E-state index >= 15 is 0 Å². The minimum Gasteiger partial charge on any atom is -0.748 e. The van der Waals surface area contributed by atoms with Crippen molar-refractivity contribution in [2.75, 3.05) is 42.4 Å². The molecule has 3 aliphatic rings. The number of hydrogen-bond acceptors (Lipinski definition) is 13. The Balaban J connectivity index is 0.00000605. The molecule has 3 aliphatic heterocycles. The van der Waals surface area contributed by atoms with Crippen LogP contribution in [-0.4, -0.2) is 88.5 Å². The number of fused-ring (bicyclic) bond motifs is 2. The molecule has 2 aromatic carbocycles. The van der Waals surface area contributed by atoms with Crippen molar-refractivity contribution in [3.05, 3.63) is 88.5 Å². The summed E-state index contributed by atoms with van der Waals surface area (Å²) < 4.78 is 65.2. The Bertz CT molecular complexity index is 2130. The van der Waals surface area contributed by atoms with Crippen LogP contribution < -0.4 is 39.4 Å². The van der Waals surface area contributed by atoms with Gasteiger partial charge in [0.25, 0.3) is 17.7 Å². The van der Waals surface area contributed by atoms with Gasteiger partial charge in [0.1, 0.15) is 18.1 Å². The molecule has 1 saturated heterocycles. The second kappa shape index (κ2) is 16.0. The molecule has 0 unspecified atom stereocenters. The van der Waals surface area contributed by atoms with Crippen LogP contribution in [0.1, 0.15) is 49.0 Å². The summed E-state index contributed by atoms with van der Waals surface area (Å²) in [4.78, 5) is 68.5. The van der Waals surface area contributed by atoms with E-state index in [0.29, 0.717) is 22.1 Å². The molecule has 0 saturated carbocycles. The number of ether oxygens (including phenoxy) is 1. The Morgan fingerprint density at radius 2 is 1.65 bits per heavy atom. The number of hydroxylamine groups is 2.